The maximum Gasteiger partial charge on any atom is 0.195 e. The van der Waals surface area contributed by atoms with E-state index in [1.54, 1.807) is 17.5 Å². The summed E-state index contributed by atoms with van der Waals surface area (Å²) in [5.41, 5.74) is 1.64. The smallest absolute Gasteiger partial charge is 0.195 e. The van der Waals surface area contributed by atoms with Gasteiger partial charge in [-0.05, 0) is 12.1 Å². The molecule has 74 valence electrons. The molecule has 2 aromatic heterocycles. The minimum Gasteiger partial charge on any atom is -0.293 e. The van der Waals surface area contributed by atoms with Crippen LogP contribution in [0.2, 0.25) is 0 Å². The van der Waals surface area contributed by atoms with Crippen molar-refractivity contribution < 1.29 is 4.79 Å². The average Bonchev–Trinajstić information content (AvgIpc) is 2.73. The van der Waals surface area contributed by atoms with Crippen LogP contribution in [0, 0.1) is 0 Å². The molecule has 0 saturated carbocycles. The quantitative estimate of drug-likeness (QED) is 0.586. The molecular weight excluding hydrogens is 208 g/mol. The summed E-state index contributed by atoms with van der Waals surface area (Å²) >= 11 is 1.60. The normalized spacial score (nSPS) is 11.3. The number of benzene rings is 1. The maximum atomic E-state index is 11.2. The van der Waals surface area contributed by atoms with Crippen LogP contribution >= 0.6 is 11.3 Å². The van der Waals surface area contributed by atoms with Gasteiger partial charge < -0.3 is 0 Å². The Morgan fingerprint density at radius 1 is 1.40 bits per heavy atom. The Morgan fingerprint density at radius 2 is 2.20 bits per heavy atom. The van der Waals surface area contributed by atoms with Crippen molar-refractivity contribution in [2.75, 3.05) is 0 Å². The van der Waals surface area contributed by atoms with Crippen molar-refractivity contribution in [2.24, 2.45) is 0 Å². The second kappa shape index (κ2) is 2.90. The lowest BCUT2D eigenvalue weighted by atomic mass is 10.3. The van der Waals surface area contributed by atoms with Gasteiger partial charge in [-0.1, -0.05) is 23.5 Å². The summed E-state index contributed by atoms with van der Waals surface area (Å²) in [7, 11) is 0. The van der Waals surface area contributed by atoms with Crippen molar-refractivity contribution >= 4 is 32.3 Å². The fraction of sp³-hybridized carbons (Fsp3) is 0.0909. The fourth-order valence-electron chi connectivity index (χ4n) is 1.62. The van der Waals surface area contributed by atoms with Crippen molar-refractivity contribution in [1.82, 2.24) is 9.38 Å². The number of para-hydroxylation sites is 1. The van der Waals surface area contributed by atoms with Crippen molar-refractivity contribution in [3.8, 4) is 0 Å². The molecule has 0 amide bonds. The van der Waals surface area contributed by atoms with Crippen LogP contribution in [0.25, 0.3) is 15.2 Å². The third-order valence-corrected chi connectivity index (χ3v) is 3.40. The summed E-state index contributed by atoms with van der Waals surface area (Å²) in [6.07, 6.45) is 1.80. The van der Waals surface area contributed by atoms with Gasteiger partial charge in [-0.25, -0.2) is 4.98 Å². The van der Waals surface area contributed by atoms with Crippen molar-refractivity contribution in [3.63, 3.8) is 0 Å². The van der Waals surface area contributed by atoms with E-state index in [0.29, 0.717) is 5.69 Å². The zero-order valence-electron chi connectivity index (χ0n) is 8.10. The standard InChI is InChI=1S/C11H8N2OS/c1-7(14)8-6-13-9-4-2-3-5-10(9)15-11(13)12-8/h2-6H,1H3. The Morgan fingerprint density at radius 3 is 3.00 bits per heavy atom. The highest BCUT2D eigenvalue weighted by molar-refractivity contribution is 7.23. The number of hydrogen-bond donors (Lipinski definition) is 0. The lowest BCUT2D eigenvalue weighted by Crippen LogP contribution is -1.90. The minimum atomic E-state index is 0.00924. The molecule has 0 radical (unpaired) electrons. The van der Waals surface area contributed by atoms with E-state index in [-0.39, 0.29) is 5.78 Å². The Hall–Kier alpha value is -1.68. The second-order valence-electron chi connectivity index (χ2n) is 3.40. The number of aromatic nitrogens is 2. The highest BCUT2D eigenvalue weighted by Gasteiger charge is 2.10. The predicted molar refractivity (Wildman–Crippen MR) is 60.6 cm³/mol. The Labute approximate surface area is 90.0 Å². The lowest BCUT2D eigenvalue weighted by molar-refractivity contribution is 0.101. The largest absolute Gasteiger partial charge is 0.293 e. The molecule has 1 aromatic carbocycles. The van der Waals surface area contributed by atoms with Crippen molar-refractivity contribution in [3.05, 3.63) is 36.2 Å². The van der Waals surface area contributed by atoms with Crippen LogP contribution in [-0.4, -0.2) is 15.2 Å². The molecule has 0 bridgehead atoms. The summed E-state index contributed by atoms with van der Waals surface area (Å²) in [5, 5.41) is 0. The Balaban J connectivity index is 2.42. The first-order chi connectivity index (χ1) is 7.25. The van der Waals surface area contributed by atoms with E-state index in [9.17, 15) is 4.79 Å². The van der Waals surface area contributed by atoms with E-state index >= 15 is 0 Å². The number of Topliss-reactive ketones (excluding diaryl/α,β-unsaturated/α-hetero) is 1. The molecule has 0 aliphatic rings. The van der Waals surface area contributed by atoms with Gasteiger partial charge in [0.25, 0.3) is 0 Å². The molecule has 3 aromatic rings. The van der Waals surface area contributed by atoms with Gasteiger partial charge in [-0.15, -0.1) is 0 Å². The third kappa shape index (κ3) is 1.18. The molecule has 15 heavy (non-hydrogen) atoms. The number of carbonyl (C=O) groups is 1. The van der Waals surface area contributed by atoms with Gasteiger partial charge in [0.15, 0.2) is 10.7 Å². The highest BCUT2D eigenvalue weighted by atomic mass is 32.1. The molecule has 3 rings (SSSR count). The van der Waals surface area contributed by atoms with E-state index < -0.39 is 0 Å². The highest BCUT2D eigenvalue weighted by Crippen LogP contribution is 2.25. The van der Waals surface area contributed by atoms with Crippen molar-refractivity contribution in [2.45, 2.75) is 6.92 Å². The van der Waals surface area contributed by atoms with Gasteiger partial charge in [-0.3, -0.25) is 9.20 Å². The third-order valence-electron chi connectivity index (χ3n) is 2.36. The average molecular weight is 216 g/mol. The summed E-state index contributed by atoms with van der Waals surface area (Å²) in [6, 6.07) is 8.08. The number of fused-ring (bicyclic) bond motifs is 3. The second-order valence-corrected chi connectivity index (χ2v) is 4.41. The lowest BCUT2D eigenvalue weighted by Gasteiger charge is -1.88. The Bertz CT molecular complexity index is 665. The predicted octanol–water partition coefficient (Wildman–Crippen LogP) is 2.75. The fourth-order valence-corrected chi connectivity index (χ4v) is 2.63. The topological polar surface area (TPSA) is 34.4 Å². The summed E-state index contributed by atoms with van der Waals surface area (Å²) in [4.78, 5) is 16.3. The zero-order valence-corrected chi connectivity index (χ0v) is 8.91. The van der Waals surface area contributed by atoms with Crippen LogP contribution in [0.3, 0.4) is 0 Å². The molecule has 3 nitrogen and oxygen atoms in total. The van der Waals surface area contributed by atoms with Gasteiger partial charge in [-0.2, -0.15) is 0 Å². The van der Waals surface area contributed by atoms with E-state index in [2.05, 4.69) is 11.1 Å². The summed E-state index contributed by atoms with van der Waals surface area (Å²) < 4.78 is 3.16. The number of carbonyl (C=O) groups excluding carboxylic acids is 1. The molecule has 0 unspecified atom stereocenters. The molecule has 0 aliphatic carbocycles. The van der Waals surface area contributed by atoms with Gasteiger partial charge >= 0.3 is 0 Å². The van der Waals surface area contributed by atoms with Crippen LogP contribution in [-0.2, 0) is 0 Å². The molecule has 0 atom stereocenters. The maximum absolute atomic E-state index is 11.2. The molecule has 0 aliphatic heterocycles. The molecular formula is C11H8N2OS. The van der Waals surface area contributed by atoms with Crippen LogP contribution in [0.4, 0.5) is 0 Å². The SMILES string of the molecule is CC(=O)c1cn2c(n1)sc1ccccc12. The number of hydrogen-bond acceptors (Lipinski definition) is 3. The minimum absolute atomic E-state index is 0.00924. The van der Waals surface area contributed by atoms with Gasteiger partial charge in [0.2, 0.25) is 0 Å². The summed E-state index contributed by atoms with van der Waals surface area (Å²) in [5.74, 6) is 0.00924. The van der Waals surface area contributed by atoms with E-state index in [1.807, 2.05) is 22.6 Å². The number of imidazole rings is 1. The zero-order chi connectivity index (χ0) is 10.4. The van der Waals surface area contributed by atoms with Crippen LogP contribution in [0.1, 0.15) is 17.4 Å². The van der Waals surface area contributed by atoms with Gasteiger partial charge in [0.05, 0.1) is 10.2 Å². The van der Waals surface area contributed by atoms with Crippen LogP contribution < -0.4 is 0 Å². The number of rotatable bonds is 1. The van der Waals surface area contributed by atoms with Crippen LogP contribution in [0.15, 0.2) is 30.5 Å². The van der Waals surface area contributed by atoms with Gasteiger partial charge in [0, 0.05) is 13.1 Å². The first-order valence-corrected chi connectivity index (χ1v) is 5.45. The Kier molecular flexibility index (Phi) is 1.67. The van der Waals surface area contributed by atoms with Crippen molar-refractivity contribution in [1.29, 1.82) is 0 Å². The van der Waals surface area contributed by atoms with Gasteiger partial charge in [0.1, 0.15) is 5.69 Å². The van der Waals surface area contributed by atoms with E-state index in [4.69, 9.17) is 0 Å². The molecule has 0 saturated heterocycles. The monoisotopic (exact) mass is 216 g/mol. The first-order valence-electron chi connectivity index (χ1n) is 4.63. The number of nitrogens with zero attached hydrogens (tertiary/aromatic N) is 2. The van der Waals surface area contributed by atoms with E-state index in [1.165, 1.54) is 11.6 Å². The molecule has 0 spiro atoms. The van der Waals surface area contributed by atoms with E-state index in [0.717, 1.165) is 10.5 Å². The number of thiazole rings is 1. The number of ketones is 1. The molecule has 0 fully saturated rings. The summed E-state index contributed by atoms with van der Waals surface area (Å²) in [6.45, 7) is 1.54. The van der Waals surface area contributed by atoms with Crippen LogP contribution in [0.5, 0.6) is 0 Å². The molecule has 4 heteroatoms. The molecule has 2 heterocycles. The molecule has 0 N–H and O–H groups in total. The first kappa shape index (κ1) is 8.61.